The number of fused-ring (bicyclic) bond motifs is 2. The van der Waals surface area contributed by atoms with E-state index in [9.17, 15) is 9.82 Å². The highest BCUT2D eigenvalue weighted by molar-refractivity contribution is 6.45. The van der Waals surface area contributed by atoms with Crippen molar-refractivity contribution in [3.63, 3.8) is 0 Å². The Morgan fingerprint density at radius 3 is 2.50 bits per heavy atom. The van der Waals surface area contributed by atoms with Crippen molar-refractivity contribution < 1.29 is 14.6 Å². The molecule has 0 spiro atoms. The molecule has 2 fully saturated rings. The number of hydrogen-bond acceptors (Lipinski definition) is 7. The summed E-state index contributed by atoms with van der Waals surface area (Å²) < 4.78 is 5.57. The Morgan fingerprint density at radius 2 is 1.76 bits per heavy atom. The molecule has 1 aliphatic carbocycles. The molecule has 1 aromatic heterocycles. The number of amides is 1. The molecule has 218 valence electrons. The van der Waals surface area contributed by atoms with Gasteiger partial charge in [-0.25, -0.2) is 4.79 Å². The van der Waals surface area contributed by atoms with Crippen molar-refractivity contribution in [1.82, 2.24) is 24.5 Å². The van der Waals surface area contributed by atoms with Gasteiger partial charge < -0.3 is 19.5 Å². The van der Waals surface area contributed by atoms with E-state index in [2.05, 4.69) is 38.9 Å². The molecule has 1 atom stereocenters. The van der Waals surface area contributed by atoms with Crippen LogP contribution < -0.4 is 0 Å². The van der Waals surface area contributed by atoms with Crippen LogP contribution in [0.15, 0.2) is 66.9 Å². The Balaban J connectivity index is 1.19. The second-order valence-electron chi connectivity index (χ2n) is 11.3. The van der Waals surface area contributed by atoms with E-state index in [1.165, 1.54) is 11.1 Å². The number of rotatable bonds is 6. The lowest BCUT2D eigenvalue weighted by Crippen LogP contribution is -2.52. The van der Waals surface area contributed by atoms with Crippen LogP contribution in [-0.4, -0.2) is 102 Å². The molecular formula is C32H37BClN5O3. The van der Waals surface area contributed by atoms with Crippen LogP contribution in [0, 0.1) is 0 Å². The minimum atomic E-state index is -0.447. The Labute approximate surface area is 253 Å². The largest absolute Gasteiger partial charge is 0.445 e. The van der Waals surface area contributed by atoms with Gasteiger partial charge in [0.05, 0.1) is 11.7 Å². The Bertz CT molecular complexity index is 1420. The lowest BCUT2D eigenvalue weighted by atomic mass is 9.84. The molecule has 3 aromatic rings. The van der Waals surface area contributed by atoms with Gasteiger partial charge in [0.2, 0.25) is 0 Å². The zero-order chi connectivity index (χ0) is 29.1. The number of pyridine rings is 1. The van der Waals surface area contributed by atoms with Gasteiger partial charge in [0, 0.05) is 70.1 Å². The van der Waals surface area contributed by atoms with Crippen molar-refractivity contribution in [2.75, 3.05) is 58.9 Å². The number of piperazine rings is 2. The van der Waals surface area contributed by atoms with E-state index in [1.54, 1.807) is 4.90 Å². The first-order valence-corrected chi connectivity index (χ1v) is 15.1. The summed E-state index contributed by atoms with van der Waals surface area (Å²) in [5.74, 6) is 0. The van der Waals surface area contributed by atoms with Gasteiger partial charge in [-0.1, -0.05) is 54.1 Å². The number of carbonyl (C=O) groups is 1. The summed E-state index contributed by atoms with van der Waals surface area (Å²) in [6.07, 6.45) is 3.88. The van der Waals surface area contributed by atoms with Crippen molar-refractivity contribution >= 4 is 36.4 Å². The van der Waals surface area contributed by atoms with Crippen LogP contribution in [0.3, 0.4) is 0 Å². The first kappa shape index (κ1) is 28.9. The maximum atomic E-state index is 12.7. The molecule has 1 amide bonds. The summed E-state index contributed by atoms with van der Waals surface area (Å²) in [5.41, 5.74) is 6.70. The number of halogens is 1. The molecule has 0 saturated carbocycles. The normalized spacial score (nSPS) is 19.8. The number of hydrogen-bond donors (Lipinski definition) is 1. The van der Waals surface area contributed by atoms with Gasteiger partial charge in [-0.05, 0) is 58.9 Å². The maximum absolute atomic E-state index is 12.7. The molecule has 1 N–H and O–H groups in total. The molecule has 42 heavy (non-hydrogen) atoms. The average molecular weight is 586 g/mol. The second kappa shape index (κ2) is 13.0. The van der Waals surface area contributed by atoms with Crippen LogP contribution >= 0.6 is 11.6 Å². The van der Waals surface area contributed by atoms with Crippen molar-refractivity contribution in [3.05, 3.63) is 99.8 Å². The lowest BCUT2D eigenvalue weighted by Gasteiger charge is -2.40. The van der Waals surface area contributed by atoms with Gasteiger partial charge in [0.1, 0.15) is 6.61 Å². The van der Waals surface area contributed by atoms with Crippen molar-refractivity contribution in [1.29, 1.82) is 0 Å². The van der Waals surface area contributed by atoms with E-state index < -0.39 is 7.05 Å². The maximum Gasteiger partial charge on any atom is 0.410 e. The monoisotopic (exact) mass is 585 g/mol. The molecule has 6 rings (SSSR count). The molecule has 3 aliphatic rings. The van der Waals surface area contributed by atoms with Gasteiger partial charge in [-0.3, -0.25) is 14.8 Å². The fraction of sp³-hybridized carbons (Fsp3) is 0.375. The van der Waals surface area contributed by atoms with Gasteiger partial charge in [0.15, 0.2) is 0 Å². The smallest absolute Gasteiger partial charge is 0.410 e. The Hall–Kier alpha value is -3.21. The standard InChI is InChI=1S/C32H37BClN5O3/c1-33(41)39-18-16-37(17-19-39)31-28-10-9-27(34)21-29(28)26(20-25-8-5-11-35-30(25)31)22-36-12-14-38(15-13-36)32(40)42-23-24-6-3-2-4-7-24/h2-11,20-21,31,41H,12-19,22-23H2,1H3. The van der Waals surface area contributed by atoms with Crippen molar-refractivity contribution in [3.8, 4) is 0 Å². The van der Waals surface area contributed by atoms with Crippen molar-refractivity contribution in [2.24, 2.45) is 0 Å². The lowest BCUT2D eigenvalue weighted by molar-refractivity contribution is 0.0746. The van der Waals surface area contributed by atoms with E-state index in [-0.39, 0.29) is 18.7 Å². The molecule has 10 heteroatoms. The molecule has 1 unspecified atom stereocenters. The number of benzene rings is 2. The van der Waals surface area contributed by atoms with Crippen LogP contribution in [0.5, 0.6) is 0 Å². The first-order valence-electron chi connectivity index (χ1n) is 14.8. The number of aromatic nitrogens is 1. The predicted molar refractivity (Wildman–Crippen MR) is 167 cm³/mol. The third-order valence-electron chi connectivity index (χ3n) is 8.59. The number of nitrogens with zero attached hydrogens (tertiary/aromatic N) is 5. The number of carbonyl (C=O) groups excluding carboxylic acids is 1. The Morgan fingerprint density at radius 1 is 1.00 bits per heavy atom. The highest BCUT2D eigenvalue weighted by atomic mass is 35.5. The van der Waals surface area contributed by atoms with E-state index in [0.29, 0.717) is 18.1 Å². The first-order chi connectivity index (χ1) is 20.5. The SMILES string of the molecule is CB(O)N1CCN(C2c3ccc(Cl)cc3C(CN3CCN(C(=O)OCc4ccccc4)CC3)=Cc3cccnc32)CC1. The molecule has 8 nitrogen and oxygen atoms in total. The molecule has 0 radical (unpaired) electrons. The summed E-state index contributed by atoms with van der Waals surface area (Å²) in [7, 11) is -0.447. The zero-order valence-electron chi connectivity index (χ0n) is 24.0. The molecule has 0 bridgehead atoms. The summed E-state index contributed by atoms with van der Waals surface area (Å²) in [6.45, 7) is 8.92. The van der Waals surface area contributed by atoms with Crippen molar-refractivity contribution in [2.45, 2.75) is 19.5 Å². The average Bonchev–Trinajstić information content (AvgIpc) is 3.15. The van der Waals surface area contributed by atoms with Gasteiger partial charge in [-0.15, -0.1) is 0 Å². The second-order valence-corrected chi connectivity index (χ2v) is 11.7. The molecule has 2 aromatic carbocycles. The fourth-order valence-electron chi connectivity index (χ4n) is 6.25. The minimum Gasteiger partial charge on any atom is -0.445 e. The van der Waals surface area contributed by atoms with E-state index >= 15 is 0 Å². The van der Waals surface area contributed by atoms with Crippen LogP contribution in [-0.2, 0) is 11.3 Å². The highest BCUT2D eigenvalue weighted by Crippen LogP contribution is 2.40. The third kappa shape index (κ3) is 6.40. The van der Waals surface area contributed by atoms with Crippen LogP contribution in [0.25, 0.3) is 11.6 Å². The quantitative estimate of drug-likeness (QED) is 0.431. The van der Waals surface area contributed by atoms with Crippen LogP contribution in [0.4, 0.5) is 4.79 Å². The topological polar surface area (TPSA) is 72.4 Å². The minimum absolute atomic E-state index is 0.00500. The summed E-state index contributed by atoms with van der Waals surface area (Å²) in [6, 6.07) is 20.1. The summed E-state index contributed by atoms with van der Waals surface area (Å²) in [5, 5.41) is 10.8. The number of ether oxygens (including phenoxy) is 1. The van der Waals surface area contributed by atoms with Gasteiger partial charge in [-0.2, -0.15) is 0 Å². The van der Waals surface area contributed by atoms with Gasteiger partial charge in [0.25, 0.3) is 0 Å². The van der Waals surface area contributed by atoms with Crippen LogP contribution in [0.1, 0.15) is 34.0 Å². The van der Waals surface area contributed by atoms with E-state index in [0.717, 1.165) is 68.2 Å². The molecule has 3 heterocycles. The zero-order valence-corrected chi connectivity index (χ0v) is 24.8. The Kier molecular flexibility index (Phi) is 8.93. The van der Waals surface area contributed by atoms with Gasteiger partial charge >= 0.3 is 13.1 Å². The summed E-state index contributed by atoms with van der Waals surface area (Å²) in [4.78, 5) is 26.4. The highest BCUT2D eigenvalue weighted by Gasteiger charge is 2.34. The fourth-order valence-corrected chi connectivity index (χ4v) is 6.42. The summed E-state index contributed by atoms with van der Waals surface area (Å²) >= 11 is 6.60. The van der Waals surface area contributed by atoms with Crippen LogP contribution in [0.2, 0.25) is 11.8 Å². The third-order valence-corrected chi connectivity index (χ3v) is 8.82. The molecule has 2 aliphatic heterocycles. The predicted octanol–water partition coefficient (Wildman–Crippen LogP) is 4.36. The molecular weight excluding hydrogens is 549 g/mol. The van der Waals surface area contributed by atoms with E-state index in [1.807, 2.05) is 55.5 Å². The van der Waals surface area contributed by atoms with E-state index in [4.69, 9.17) is 21.3 Å². The molecule has 2 saturated heterocycles.